The molecule has 3 atom stereocenters. The van der Waals surface area contributed by atoms with Gasteiger partial charge in [0.15, 0.2) is 5.17 Å². The summed E-state index contributed by atoms with van der Waals surface area (Å²) in [7, 11) is 0. The number of fused-ring (bicyclic) bond motifs is 1. The molecule has 1 fully saturated rings. The van der Waals surface area contributed by atoms with Crippen LogP contribution in [0.4, 0.5) is 0 Å². The fourth-order valence-electron chi connectivity index (χ4n) is 3.52. The number of carbonyl (C=O) groups excluding carboxylic acids is 3. The second-order valence-electron chi connectivity index (χ2n) is 7.27. The molecule has 5 N–H and O–H groups in total. The maximum atomic E-state index is 12.8. The molecule has 13 heteroatoms. The molecule has 1 aromatic carbocycles. The first-order valence-corrected chi connectivity index (χ1v) is 12.8. The molecule has 4 rings (SSSR count). The van der Waals surface area contributed by atoms with Gasteiger partial charge in [0.1, 0.15) is 28.9 Å². The highest BCUT2D eigenvalue weighted by molar-refractivity contribution is 8.14. The number of amides is 2. The van der Waals surface area contributed by atoms with E-state index in [0.717, 1.165) is 16.7 Å². The number of nitrogens with two attached hydrogens (primary N) is 1. The Morgan fingerprint density at radius 2 is 2.03 bits per heavy atom. The van der Waals surface area contributed by atoms with Crippen LogP contribution in [0.3, 0.4) is 0 Å². The van der Waals surface area contributed by atoms with Crippen molar-refractivity contribution in [3.63, 3.8) is 0 Å². The van der Waals surface area contributed by atoms with Gasteiger partial charge in [-0.05, 0) is 5.57 Å². The van der Waals surface area contributed by atoms with Crippen LogP contribution in [0.2, 0.25) is 0 Å². The molecule has 1 unspecified atom stereocenters. The predicted octanol–water partition coefficient (Wildman–Crippen LogP) is 0.748. The largest absolute Gasteiger partial charge is 0.477 e. The second-order valence-corrected chi connectivity index (χ2v) is 10.4. The first-order chi connectivity index (χ1) is 15.8. The summed E-state index contributed by atoms with van der Waals surface area (Å²) in [4.78, 5) is 54.7. The zero-order chi connectivity index (χ0) is 23.7. The average molecular weight is 506 g/mol. The van der Waals surface area contributed by atoms with Crippen molar-refractivity contribution in [2.45, 2.75) is 17.5 Å². The van der Waals surface area contributed by atoms with E-state index >= 15 is 0 Å². The van der Waals surface area contributed by atoms with Gasteiger partial charge >= 0.3 is 5.97 Å². The van der Waals surface area contributed by atoms with E-state index in [9.17, 15) is 24.3 Å². The summed E-state index contributed by atoms with van der Waals surface area (Å²) in [5.41, 5.74) is 6.12. The third kappa shape index (κ3) is 4.66. The molecule has 3 heterocycles. The molecule has 2 amide bonds. The number of carbonyl (C=O) groups is 4. The van der Waals surface area contributed by atoms with Crippen molar-refractivity contribution in [1.82, 2.24) is 10.2 Å². The van der Waals surface area contributed by atoms with Crippen molar-refractivity contribution in [2.24, 2.45) is 10.7 Å². The minimum absolute atomic E-state index is 0.138. The quantitative estimate of drug-likeness (QED) is 0.309. The zero-order valence-electron chi connectivity index (χ0n) is 17.0. The van der Waals surface area contributed by atoms with Gasteiger partial charge in [-0.15, -0.1) is 11.8 Å². The van der Waals surface area contributed by atoms with Gasteiger partial charge in [-0.2, -0.15) is 0 Å². The number of hydrogen-bond acceptors (Lipinski definition) is 10. The van der Waals surface area contributed by atoms with E-state index in [1.807, 2.05) is 0 Å². The minimum Gasteiger partial charge on any atom is -0.477 e. The summed E-state index contributed by atoms with van der Waals surface area (Å²) in [5, 5.41) is 19.8. The molecule has 0 aromatic heterocycles. The molecule has 10 nitrogen and oxygen atoms in total. The average Bonchev–Trinajstić information content (AvgIpc) is 3.26. The SMILES string of the molecule is N=C(C(=O)N[C@@H]1C(=O)N2C(C(=O)O)=C(CSC(=O)c3ccccc3)CS[C@H]12)C1CSC(N)=N1. The summed E-state index contributed by atoms with van der Waals surface area (Å²) in [5.74, 6) is -1.73. The molecule has 3 aliphatic rings. The minimum atomic E-state index is -1.26. The Balaban J connectivity index is 1.42. The van der Waals surface area contributed by atoms with Crippen LogP contribution < -0.4 is 11.1 Å². The molecule has 1 saturated heterocycles. The van der Waals surface area contributed by atoms with Crippen molar-refractivity contribution in [3.8, 4) is 0 Å². The fourth-order valence-corrected chi connectivity index (χ4v) is 6.61. The maximum absolute atomic E-state index is 12.8. The summed E-state index contributed by atoms with van der Waals surface area (Å²) >= 11 is 3.54. The first kappa shape index (κ1) is 23.4. The number of aliphatic imine (C=N–C) groups is 1. The number of aliphatic carboxylic acids is 1. The Labute approximate surface area is 201 Å². The topological polar surface area (TPSA) is 166 Å². The summed E-state index contributed by atoms with van der Waals surface area (Å²) < 4.78 is 0. The van der Waals surface area contributed by atoms with E-state index in [4.69, 9.17) is 11.1 Å². The van der Waals surface area contributed by atoms with Crippen LogP contribution in [0.25, 0.3) is 0 Å². The number of nitrogens with zero attached hydrogens (tertiary/aromatic N) is 2. The third-order valence-corrected chi connectivity index (χ3v) is 8.39. The molecule has 0 aliphatic carbocycles. The number of rotatable bonds is 7. The van der Waals surface area contributed by atoms with Gasteiger partial charge in [-0.3, -0.25) is 29.7 Å². The Bertz CT molecular complexity index is 1110. The van der Waals surface area contributed by atoms with Gasteiger partial charge < -0.3 is 16.2 Å². The second kappa shape index (κ2) is 9.61. The van der Waals surface area contributed by atoms with Crippen LogP contribution in [0.15, 0.2) is 46.6 Å². The molecular weight excluding hydrogens is 486 g/mol. The van der Waals surface area contributed by atoms with E-state index in [1.165, 1.54) is 23.5 Å². The van der Waals surface area contributed by atoms with Crippen LogP contribution >= 0.6 is 35.3 Å². The van der Waals surface area contributed by atoms with Crippen LogP contribution in [0.1, 0.15) is 10.4 Å². The van der Waals surface area contributed by atoms with Gasteiger partial charge in [0.05, 0.1) is 0 Å². The Morgan fingerprint density at radius 1 is 1.30 bits per heavy atom. The van der Waals surface area contributed by atoms with Crippen LogP contribution in [-0.4, -0.2) is 78.5 Å². The molecule has 0 bridgehead atoms. The number of nitrogens with one attached hydrogen (secondary N) is 2. The van der Waals surface area contributed by atoms with Gasteiger partial charge in [0, 0.05) is 22.8 Å². The number of amidine groups is 1. The molecule has 0 saturated carbocycles. The molecule has 0 spiro atoms. The lowest BCUT2D eigenvalue weighted by atomic mass is 10.0. The van der Waals surface area contributed by atoms with Crippen molar-refractivity contribution in [3.05, 3.63) is 47.2 Å². The lowest BCUT2D eigenvalue weighted by Gasteiger charge is -2.49. The predicted molar refractivity (Wildman–Crippen MR) is 129 cm³/mol. The molecule has 33 heavy (non-hydrogen) atoms. The molecule has 172 valence electrons. The van der Waals surface area contributed by atoms with E-state index < -0.39 is 35.2 Å². The van der Waals surface area contributed by atoms with Crippen molar-refractivity contribution >= 4 is 69.1 Å². The van der Waals surface area contributed by atoms with Gasteiger partial charge in [0.25, 0.3) is 11.8 Å². The smallest absolute Gasteiger partial charge is 0.352 e. The Hall–Kier alpha value is -2.77. The highest BCUT2D eigenvalue weighted by atomic mass is 32.2. The van der Waals surface area contributed by atoms with Crippen LogP contribution in [0, 0.1) is 5.41 Å². The summed E-state index contributed by atoms with van der Waals surface area (Å²) in [6.07, 6.45) is 0. The van der Waals surface area contributed by atoms with Crippen molar-refractivity contribution < 1.29 is 24.3 Å². The van der Waals surface area contributed by atoms with Crippen LogP contribution in [-0.2, 0) is 14.4 Å². The molecule has 3 aliphatic heterocycles. The maximum Gasteiger partial charge on any atom is 0.352 e. The summed E-state index contributed by atoms with van der Waals surface area (Å²) in [6.45, 7) is 0. The number of thioether (sulfide) groups is 3. The molecule has 0 radical (unpaired) electrons. The molecular formula is C20H19N5O5S3. The van der Waals surface area contributed by atoms with Crippen LogP contribution in [0.5, 0.6) is 0 Å². The van der Waals surface area contributed by atoms with Gasteiger partial charge in [-0.25, -0.2) is 4.79 Å². The standard InChI is InChI=1S/C20H19N5O5S3/c21-12(11-8-33-20(22)23-11)15(26)24-13-16(27)25-14(18(28)29)10(6-31-17(13)25)7-32-19(30)9-4-2-1-3-5-9/h1-5,11,13,17,21H,6-8H2,(H2,22,23)(H,24,26)(H,28,29)/t11?,13-,17-/m1/s1. The normalized spacial score (nSPS) is 24.0. The van der Waals surface area contributed by atoms with Gasteiger partial charge in [-0.1, -0.05) is 53.9 Å². The Kier molecular flexibility index (Phi) is 6.81. The summed E-state index contributed by atoms with van der Waals surface area (Å²) in [6, 6.07) is 7.05. The highest BCUT2D eigenvalue weighted by Crippen LogP contribution is 2.41. The molecule has 1 aromatic rings. The lowest BCUT2D eigenvalue weighted by molar-refractivity contribution is -0.150. The number of carboxylic acids is 1. The number of carboxylic acid groups (broad SMARTS) is 1. The number of β-lactam (4-membered cyclic amide) rings is 1. The Morgan fingerprint density at radius 3 is 2.67 bits per heavy atom. The van der Waals surface area contributed by atoms with Crippen molar-refractivity contribution in [1.29, 1.82) is 5.41 Å². The monoisotopic (exact) mass is 505 g/mol. The van der Waals surface area contributed by atoms with Gasteiger partial charge in [0.2, 0.25) is 5.12 Å². The van der Waals surface area contributed by atoms with E-state index in [-0.39, 0.29) is 22.3 Å². The zero-order valence-corrected chi connectivity index (χ0v) is 19.5. The highest BCUT2D eigenvalue weighted by Gasteiger charge is 2.54. The fraction of sp³-hybridized carbons (Fsp3) is 0.300. The first-order valence-electron chi connectivity index (χ1n) is 9.75. The lowest BCUT2D eigenvalue weighted by Crippen LogP contribution is -2.71. The van der Waals surface area contributed by atoms with E-state index in [1.54, 1.807) is 30.3 Å². The number of benzene rings is 1. The van der Waals surface area contributed by atoms with E-state index in [2.05, 4.69) is 10.3 Å². The number of hydrogen-bond donors (Lipinski definition) is 4. The van der Waals surface area contributed by atoms with E-state index in [0.29, 0.717) is 27.8 Å². The van der Waals surface area contributed by atoms with Crippen molar-refractivity contribution in [2.75, 3.05) is 17.3 Å². The third-order valence-electron chi connectivity index (χ3n) is 5.17.